The number of ether oxygens (including phenoxy) is 2. The van der Waals surface area contributed by atoms with Gasteiger partial charge in [0.2, 0.25) is 5.91 Å². The largest absolute Gasteiger partial charge is 0.497 e. The molecule has 0 unspecified atom stereocenters. The number of benzene rings is 2. The third-order valence-electron chi connectivity index (χ3n) is 4.52. The number of methoxy groups -OCH3 is 1. The molecular weight excluding hydrogens is 344 g/mol. The van der Waals surface area contributed by atoms with Crippen molar-refractivity contribution in [3.63, 3.8) is 0 Å². The van der Waals surface area contributed by atoms with Gasteiger partial charge in [-0.25, -0.2) is 0 Å². The van der Waals surface area contributed by atoms with Crippen molar-refractivity contribution in [2.24, 2.45) is 0 Å². The van der Waals surface area contributed by atoms with Gasteiger partial charge in [-0.3, -0.25) is 9.59 Å². The Morgan fingerprint density at radius 2 is 1.78 bits per heavy atom. The lowest BCUT2D eigenvalue weighted by Crippen LogP contribution is -2.32. The van der Waals surface area contributed by atoms with E-state index >= 15 is 0 Å². The molecule has 1 atom stereocenters. The SMILES string of the molecule is CC[C@@H](Oc1ccc(OC)cc1)C(=O)Nc1ccc(N2CCCC2=O)cc1. The van der Waals surface area contributed by atoms with Gasteiger partial charge in [-0.05, 0) is 61.4 Å². The van der Waals surface area contributed by atoms with E-state index in [1.54, 1.807) is 48.4 Å². The van der Waals surface area contributed by atoms with Crippen molar-refractivity contribution in [1.82, 2.24) is 0 Å². The van der Waals surface area contributed by atoms with E-state index in [9.17, 15) is 9.59 Å². The number of carbonyl (C=O) groups is 2. The monoisotopic (exact) mass is 368 g/mol. The van der Waals surface area contributed by atoms with Crippen LogP contribution in [-0.4, -0.2) is 31.6 Å². The number of rotatable bonds is 7. The van der Waals surface area contributed by atoms with Crippen LogP contribution in [0.2, 0.25) is 0 Å². The van der Waals surface area contributed by atoms with Gasteiger partial charge in [0.1, 0.15) is 11.5 Å². The summed E-state index contributed by atoms with van der Waals surface area (Å²) in [5, 5.41) is 2.87. The Morgan fingerprint density at radius 3 is 2.33 bits per heavy atom. The molecule has 3 rings (SSSR count). The molecule has 1 aliphatic heterocycles. The number of carbonyl (C=O) groups excluding carboxylic acids is 2. The molecule has 1 saturated heterocycles. The molecule has 0 aromatic heterocycles. The molecule has 0 aliphatic carbocycles. The highest BCUT2D eigenvalue weighted by atomic mass is 16.5. The fourth-order valence-corrected chi connectivity index (χ4v) is 3.01. The molecule has 1 fully saturated rings. The first-order valence-electron chi connectivity index (χ1n) is 9.12. The third kappa shape index (κ3) is 4.58. The average Bonchev–Trinajstić information content (AvgIpc) is 3.13. The number of hydrogen-bond acceptors (Lipinski definition) is 4. The van der Waals surface area contributed by atoms with E-state index in [0.717, 1.165) is 24.4 Å². The van der Waals surface area contributed by atoms with E-state index in [1.807, 2.05) is 19.1 Å². The second-order valence-corrected chi connectivity index (χ2v) is 6.38. The normalized spacial score (nSPS) is 14.7. The smallest absolute Gasteiger partial charge is 0.265 e. The standard InChI is InChI=1S/C21H24N2O4/c1-3-19(27-18-12-10-17(26-2)11-13-18)21(25)22-15-6-8-16(9-7-15)23-14-4-5-20(23)24/h6-13,19H,3-5,14H2,1-2H3,(H,22,25)/t19-/m1/s1. The highest BCUT2D eigenvalue weighted by molar-refractivity contribution is 5.97. The maximum absolute atomic E-state index is 12.5. The van der Waals surface area contributed by atoms with E-state index in [1.165, 1.54) is 0 Å². The Morgan fingerprint density at radius 1 is 1.11 bits per heavy atom. The zero-order chi connectivity index (χ0) is 19.2. The molecular formula is C21H24N2O4. The van der Waals surface area contributed by atoms with Gasteiger partial charge in [0.25, 0.3) is 5.91 Å². The van der Waals surface area contributed by atoms with Gasteiger partial charge in [-0.1, -0.05) is 6.92 Å². The van der Waals surface area contributed by atoms with Gasteiger partial charge in [0.15, 0.2) is 6.10 Å². The number of amides is 2. The molecule has 6 nitrogen and oxygen atoms in total. The molecule has 2 aromatic rings. The van der Waals surface area contributed by atoms with Crippen molar-refractivity contribution in [3.05, 3.63) is 48.5 Å². The average molecular weight is 368 g/mol. The first kappa shape index (κ1) is 18.8. The summed E-state index contributed by atoms with van der Waals surface area (Å²) in [5.74, 6) is 1.28. The Balaban J connectivity index is 1.61. The lowest BCUT2D eigenvalue weighted by Gasteiger charge is -2.19. The fourth-order valence-electron chi connectivity index (χ4n) is 3.01. The van der Waals surface area contributed by atoms with E-state index < -0.39 is 6.10 Å². The van der Waals surface area contributed by atoms with Crippen LogP contribution in [0.25, 0.3) is 0 Å². The molecule has 1 N–H and O–H groups in total. The molecule has 2 aromatic carbocycles. The summed E-state index contributed by atoms with van der Waals surface area (Å²) in [5.41, 5.74) is 1.53. The van der Waals surface area contributed by atoms with Crippen LogP contribution >= 0.6 is 0 Å². The summed E-state index contributed by atoms with van der Waals surface area (Å²) >= 11 is 0. The quantitative estimate of drug-likeness (QED) is 0.811. The first-order chi connectivity index (χ1) is 13.1. The predicted molar refractivity (Wildman–Crippen MR) is 104 cm³/mol. The van der Waals surface area contributed by atoms with E-state index in [0.29, 0.717) is 24.3 Å². The lowest BCUT2D eigenvalue weighted by molar-refractivity contribution is -0.122. The van der Waals surface area contributed by atoms with Crippen molar-refractivity contribution < 1.29 is 19.1 Å². The van der Waals surface area contributed by atoms with Crippen LogP contribution in [0.1, 0.15) is 26.2 Å². The van der Waals surface area contributed by atoms with Crippen molar-refractivity contribution in [1.29, 1.82) is 0 Å². The molecule has 0 spiro atoms. The van der Waals surface area contributed by atoms with E-state index in [4.69, 9.17) is 9.47 Å². The van der Waals surface area contributed by atoms with Crippen LogP contribution in [0.3, 0.4) is 0 Å². The van der Waals surface area contributed by atoms with Crippen molar-refractivity contribution >= 4 is 23.2 Å². The molecule has 1 heterocycles. The first-order valence-corrected chi connectivity index (χ1v) is 9.12. The molecule has 142 valence electrons. The van der Waals surface area contributed by atoms with Gasteiger partial charge in [-0.2, -0.15) is 0 Å². The molecule has 0 saturated carbocycles. The maximum atomic E-state index is 12.5. The minimum absolute atomic E-state index is 0.144. The van der Waals surface area contributed by atoms with Crippen LogP contribution in [0, 0.1) is 0 Å². The fraction of sp³-hybridized carbons (Fsp3) is 0.333. The van der Waals surface area contributed by atoms with Crippen LogP contribution in [0.5, 0.6) is 11.5 Å². The number of nitrogens with one attached hydrogen (secondary N) is 1. The Bertz CT molecular complexity index is 787. The third-order valence-corrected chi connectivity index (χ3v) is 4.52. The number of anilines is 2. The van der Waals surface area contributed by atoms with Gasteiger partial charge in [-0.15, -0.1) is 0 Å². The molecule has 1 aliphatic rings. The van der Waals surface area contributed by atoms with Crippen LogP contribution in [0.15, 0.2) is 48.5 Å². The summed E-state index contributed by atoms with van der Waals surface area (Å²) in [6.45, 7) is 2.65. The van der Waals surface area contributed by atoms with Crippen LogP contribution in [0.4, 0.5) is 11.4 Å². The lowest BCUT2D eigenvalue weighted by atomic mass is 10.2. The maximum Gasteiger partial charge on any atom is 0.265 e. The van der Waals surface area contributed by atoms with Crippen LogP contribution < -0.4 is 19.7 Å². The zero-order valence-corrected chi connectivity index (χ0v) is 15.6. The minimum atomic E-state index is -0.599. The number of hydrogen-bond donors (Lipinski definition) is 1. The van der Waals surface area contributed by atoms with Crippen molar-refractivity contribution in [2.45, 2.75) is 32.3 Å². The molecule has 0 radical (unpaired) electrons. The topological polar surface area (TPSA) is 67.9 Å². The Labute approximate surface area is 159 Å². The highest BCUT2D eigenvalue weighted by Crippen LogP contribution is 2.24. The molecule has 2 amide bonds. The number of nitrogens with zero attached hydrogens (tertiary/aromatic N) is 1. The summed E-state index contributed by atoms with van der Waals surface area (Å²) in [4.78, 5) is 26.1. The van der Waals surface area contributed by atoms with Gasteiger partial charge in [0, 0.05) is 24.3 Å². The van der Waals surface area contributed by atoms with Gasteiger partial charge in [0.05, 0.1) is 7.11 Å². The van der Waals surface area contributed by atoms with E-state index in [2.05, 4.69) is 5.32 Å². The molecule has 0 bridgehead atoms. The second-order valence-electron chi connectivity index (χ2n) is 6.38. The molecule has 27 heavy (non-hydrogen) atoms. The molecule has 6 heteroatoms. The summed E-state index contributed by atoms with van der Waals surface area (Å²) in [6.07, 6.45) is 1.42. The Hall–Kier alpha value is -3.02. The van der Waals surface area contributed by atoms with Gasteiger partial charge < -0.3 is 19.7 Å². The van der Waals surface area contributed by atoms with Crippen molar-refractivity contribution in [2.75, 3.05) is 23.9 Å². The van der Waals surface area contributed by atoms with Crippen molar-refractivity contribution in [3.8, 4) is 11.5 Å². The summed E-state index contributed by atoms with van der Waals surface area (Å²) < 4.78 is 10.9. The predicted octanol–water partition coefficient (Wildman–Crippen LogP) is 3.62. The van der Waals surface area contributed by atoms with E-state index in [-0.39, 0.29) is 11.8 Å². The van der Waals surface area contributed by atoms with Crippen LogP contribution in [-0.2, 0) is 9.59 Å². The zero-order valence-electron chi connectivity index (χ0n) is 15.6. The Kier molecular flexibility index (Phi) is 5.96. The summed E-state index contributed by atoms with van der Waals surface area (Å²) in [7, 11) is 1.60. The highest BCUT2D eigenvalue weighted by Gasteiger charge is 2.22. The minimum Gasteiger partial charge on any atom is -0.497 e. The van der Waals surface area contributed by atoms with Gasteiger partial charge >= 0.3 is 0 Å². The second kappa shape index (κ2) is 8.58. The summed E-state index contributed by atoms with van der Waals surface area (Å²) in [6, 6.07) is 14.4.